The Morgan fingerprint density at radius 3 is 2.59 bits per heavy atom. The van der Waals surface area contributed by atoms with Gasteiger partial charge >= 0.3 is 0 Å². The van der Waals surface area contributed by atoms with Gasteiger partial charge in [-0.25, -0.2) is 0 Å². The lowest BCUT2D eigenvalue weighted by molar-refractivity contribution is -0.134. The molecule has 27 heavy (non-hydrogen) atoms. The van der Waals surface area contributed by atoms with Crippen molar-refractivity contribution in [3.05, 3.63) is 65.5 Å². The molecule has 2 fully saturated rings. The zero-order chi connectivity index (χ0) is 18.3. The monoisotopic (exact) mass is 361 g/mol. The Bertz CT molecular complexity index is 827. The molecule has 3 aliphatic rings. The van der Waals surface area contributed by atoms with Crippen LogP contribution in [-0.4, -0.2) is 40.3 Å². The van der Waals surface area contributed by atoms with E-state index in [1.54, 1.807) is 0 Å². The van der Waals surface area contributed by atoms with Crippen LogP contribution in [0.3, 0.4) is 0 Å². The number of likely N-dealkylation sites (tertiary alicyclic amines) is 1. The fraction of sp³-hybridized carbons (Fsp3) is 0.478. The van der Waals surface area contributed by atoms with Gasteiger partial charge < -0.3 is 4.90 Å². The van der Waals surface area contributed by atoms with E-state index in [-0.39, 0.29) is 11.3 Å². The maximum absolute atomic E-state index is 13.1. The van der Waals surface area contributed by atoms with Crippen LogP contribution in [0.2, 0.25) is 0 Å². The van der Waals surface area contributed by atoms with E-state index >= 15 is 0 Å². The molecular formula is C23H27N3O. The minimum Gasteiger partial charge on any atom is -0.338 e. The highest BCUT2D eigenvalue weighted by Crippen LogP contribution is 2.60. The van der Waals surface area contributed by atoms with Crippen LogP contribution in [0.1, 0.15) is 36.1 Å². The molecule has 1 aromatic heterocycles. The molecule has 5 rings (SSSR count). The van der Waals surface area contributed by atoms with Crippen LogP contribution < -0.4 is 0 Å². The smallest absolute Gasteiger partial charge is 0.226 e. The van der Waals surface area contributed by atoms with Crippen molar-refractivity contribution >= 4 is 5.91 Å². The second-order valence-corrected chi connectivity index (χ2v) is 8.49. The lowest BCUT2D eigenvalue weighted by Gasteiger charge is -2.34. The molecule has 1 aromatic carbocycles. The van der Waals surface area contributed by atoms with Gasteiger partial charge in [-0.3, -0.25) is 14.7 Å². The van der Waals surface area contributed by atoms with Crippen molar-refractivity contribution in [2.24, 2.45) is 11.3 Å². The summed E-state index contributed by atoms with van der Waals surface area (Å²) in [5, 5.41) is 0. The second-order valence-electron chi connectivity index (χ2n) is 8.49. The standard InChI is InChI=1S/C23H27N3O/c27-22(26-12-8-18-5-1-2-6-19(18)16-26)21-15-23(21)9-13-25(14-10-23)17-20-7-3-4-11-24-20/h1-7,11,21H,8-10,12-17H2. The van der Waals surface area contributed by atoms with Gasteiger partial charge in [-0.1, -0.05) is 30.3 Å². The molecule has 4 nitrogen and oxygen atoms in total. The van der Waals surface area contributed by atoms with Crippen LogP contribution in [0.25, 0.3) is 0 Å². The zero-order valence-electron chi connectivity index (χ0n) is 15.8. The summed E-state index contributed by atoms with van der Waals surface area (Å²) in [7, 11) is 0. The number of nitrogens with zero attached hydrogens (tertiary/aromatic N) is 3. The number of hydrogen-bond donors (Lipinski definition) is 0. The molecule has 2 aliphatic heterocycles. The lowest BCUT2D eigenvalue weighted by Crippen LogP contribution is -2.40. The summed E-state index contributed by atoms with van der Waals surface area (Å²) in [6.07, 6.45) is 6.27. The van der Waals surface area contributed by atoms with Crippen molar-refractivity contribution in [3.8, 4) is 0 Å². The number of carbonyl (C=O) groups is 1. The molecule has 1 atom stereocenters. The average Bonchev–Trinajstić information content (AvgIpc) is 3.43. The molecular weight excluding hydrogens is 334 g/mol. The molecule has 1 spiro atoms. The number of pyridine rings is 1. The van der Waals surface area contributed by atoms with E-state index in [2.05, 4.69) is 51.2 Å². The third-order valence-electron chi connectivity index (χ3n) is 6.89. The molecule has 0 bridgehead atoms. The highest BCUT2D eigenvalue weighted by Gasteiger charge is 2.59. The molecule has 1 amide bonds. The van der Waals surface area contributed by atoms with Gasteiger partial charge in [0.05, 0.1) is 5.69 Å². The van der Waals surface area contributed by atoms with Gasteiger partial charge in [-0.15, -0.1) is 0 Å². The van der Waals surface area contributed by atoms with Gasteiger partial charge in [0.25, 0.3) is 0 Å². The molecule has 0 radical (unpaired) electrons. The summed E-state index contributed by atoms with van der Waals surface area (Å²) in [6.45, 7) is 4.78. The van der Waals surface area contributed by atoms with Gasteiger partial charge in [0.2, 0.25) is 5.91 Å². The van der Waals surface area contributed by atoms with Crippen molar-refractivity contribution < 1.29 is 4.79 Å². The number of fused-ring (bicyclic) bond motifs is 1. The predicted octanol–water partition coefficient (Wildman–Crippen LogP) is 3.27. The number of hydrogen-bond acceptors (Lipinski definition) is 3. The van der Waals surface area contributed by atoms with Crippen LogP contribution in [0.4, 0.5) is 0 Å². The van der Waals surface area contributed by atoms with Gasteiger partial charge in [0.1, 0.15) is 0 Å². The van der Waals surface area contributed by atoms with Gasteiger partial charge in [0.15, 0.2) is 0 Å². The first kappa shape index (κ1) is 16.9. The van der Waals surface area contributed by atoms with Crippen molar-refractivity contribution in [2.45, 2.75) is 38.8 Å². The van der Waals surface area contributed by atoms with Gasteiger partial charge in [-0.05, 0) is 67.4 Å². The molecule has 140 valence electrons. The van der Waals surface area contributed by atoms with E-state index < -0.39 is 0 Å². The highest BCUT2D eigenvalue weighted by molar-refractivity contribution is 5.83. The molecule has 1 aliphatic carbocycles. The maximum atomic E-state index is 13.1. The van der Waals surface area contributed by atoms with E-state index in [1.165, 1.54) is 11.1 Å². The van der Waals surface area contributed by atoms with Crippen LogP contribution in [0, 0.1) is 11.3 Å². The number of amides is 1. The molecule has 1 unspecified atom stereocenters. The van der Waals surface area contributed by atoms with Crippen LogP contribution in [0.15, 0.2) is 48.7 Å². The Kier molecular flexibility index (Phi) is 4.24. The van der Waals surface area contributed by atoms with Gasteiger partial charge in [-0.2, -0.15) is 0 Å². The minimum atomic E-state index is 0.264. The number of rotatable bonds is 3. The minimum absolute atomic E-state index is 0.264. The van der Waals surface area contributed by atoms with E-state index in [1.807, 2.05) is 12.3 Å². The molecule has 2 aromatic rings. The van der Waals surface area contributed by atoms with E-state index in [4.69, 9.17) is 0 Å². The largest absolute Gasteiger partial charge is 0.338 e. The second kappa shape index (κ2) is 6.75. The van der Waals surface area contributed by atoms with Crippen LogP contribution in [0.5, 0.6) is 0 Å². The first-order valence-corrected chi connectivity index (χ1v) is 10.2. The highest BCUT2D eigenvalue weighted by atomic mass is 16.2. The molecule has 0 N–H and O–H groups in total. The summed E-state index contributed by atoms with van der Waals surface area (Å²) in [6, 6.07) is 14.7. The molecule has 4 heteroatoms. The summed E-state index contributed by atoms with van der Waals surface area (Å²) >= 11 is 0. The third-order valence-corrected chi connectivity index (χ3v) is 6.89. The molecule has 3 heterocycles. The zero-order valence-corrected chi connectivity index (χ0v) is 15.8. The molecule has 1 saturated carbocycles. The fourth-order valence-corrected chi connectivity index (χ4v) is 5.03. The Morgan fingerprint density at radius 1 is 1.04 bits per heavy atom. The Morgan fingerprint density at radius 2 is 1.81 bits per heavy atom. The summed E-state index contributed by atoms with van der Waals surface area (Å²) in [4.78, 5) is 22.2. The Balaban J connectivity index is 1.17. The summed E-state index contributed by atoms with van der Waals surface area (Å²) < 4.78 is 0. The Labute approximate surface area is 161 Å². The summed E-state index contributed by atoms with van der Waals surface area (Å²) in [5.74, 6) is 0.669. The SMILES string of the molecule is O=C(C1CC12CCN(Cc1ccccn1)CC2)N1CCc2ccccc2C1. The average molecular weight is 361 g/mol. The van der Waals surface area contributed by atoms with Crippen LogP contribution in [-0.2, 0) is 24.3 Å². The Hall–Kier alpha value is -2.20. The third kappa shape index (κ3) is 3.27. The fourth-order valence-electron chi connectivity index (χ4n) is 5.03. The van der Waals surface area contributed by atoms with Gasteiger partial charge in [0, 0.05) is 31.7 Å². The van der Waals surface area contributed by atoms with Crippen molar-refractivity contribution in [1.29, 1.82) is 0 Å². The normalized spacial score (nSPS) is 23.9. The number of carbonyl (C=O) groups excluding carboxylic acids is 1. The van der Waals surface area contributed by atoms with Crippen LogP contribution >= 0.6 is 0 Å². The quantitative estimate of drug-likeness (QED) is 0.842. The van der Waals surface area contributed by atoms with E-state index in [0.29, 0.717) is 5.91 Å². The van der Waals surface area contributed by atoms with E-state index in [9.17, 15) is 4.79 Å². The lowest BCUT2D eigenvalue weighted by atomic mass is 9.90. The molecule has 1 saturated heterocycles. The predicted molar refractivity (Wildman–Crippen MR) is 105 cm³/mol. The van der Waals surface area contributed by atoms with Crippen molar-refractivity contribution in [1.82, 2.24) is 14.8 Å². The summed E-state index contributed by atoms with van der Waals surface area (Å²) in [5.41, 5.74) is 4.17. The number of piperidine rings is 1. The van der Waals surface area contributed by atoms with Crippen molar-refractivity contribution in [2.75, 3.05) is 19.6 Å². The topological polar surface area (TPSA) is 36.4 Å². The first-order valence-electron chi connectivity index (χ1n) is 10.2. The maximum Gasteiger partial charge on any atom is 0.226 e. The van der Waals surface area contributed by atoms with Crippen molar-refractivity contribution in [3.63, 3.8) is 0 Å². The number of benzene rings is 1. The number of aromatic nitrogens is 1. The first-order chi connectivity index (χ1) is 13.2. The van der Waals surface area contributed by atoms with E-state index in [0.717, 1.165) is 64.1 Å².